The Hall–Kier alpha value is -0.760. The zero-order valence-electron chi connectivity index (χ0n) is 14.2. The molecule has 0 spiro atoms. The minimum Gasteiger partial charge on any atom is -0.287 e. The number of hydrogen-bond acceptors (Lipinski definition) is 1. The fourth-order valence-corrected chi connectivity index (χ4v) is 3.11. The summed E-state index contributed by atoms with van der Waals surface area (Å²) in [6.45, 7) is 2.27. The van der Waals surface area contributed by atoms with Crippen molar-refractivity contribution in [1.82, 2.24) is 0 Å². The van der Waals surface area contributed by atoms with Gasteiger partial charge in [-0.25, -0.2) is 0 Å². The Labute approximate surface area is 142 Å². The molecule has 0 amide bonds. The highest BCUT2D eigenvalue weighted by Gasteiger charge is 2.04. The van der Waals surface area contributed by atoms with Gasteiger partial charge in [0.25, 0.3) is 0 Å². The maximum absolute atomic E-state index is 11.2. The van der Waals surface area contributed by atoms with Crippen molar-refractivity contribution in [2.75, 3.05) is 0 Å². The summed E-state index contributed by atoms with van der Waals surface area (Å²) in [6, 6.07) is 8.28. The maximum atomic E-state index is 11.2. The standard InChI is InChI=1S/C20H32OS/c1-2-3-4-5-6-7-8-9-10-11-14-18-15-12-13-16-19(18)17-20(21)22/h12-13,15-16H,2-11,14,17H2,1H3,(H,21,22). The molecule has 0 N–H and O–H groups in total. The predicted molar refractivity (Wildman–Crippen MR) is 99.7 cm³/mol. The Morgan fingerprint density at radius 1 is 0.818 bits per heavy atom. The van der Waals surface area contributed by atoms with Gasteiger partial charge in [-0.15, -0.1) is 12.6 Å². The summed E-state index contributed by atoms with van der Waals surface area (Å²) in [5, 5.41) is -0.0458. The first kappa shape index (κ1) is 19.3. The Balaban J connectivity index is 2.08. The lowest BCUT2D eigenvalue weighted by Crippen LogP contribution is -1.99. The van der Waals surface area contributed by atoms with Gasteiger partial charge in [0.1, 0.15) is 0 Å². The Morgan fingerprint density at radius 3 is 1.86 bits per heavy atom. The third-order valence-corrected chi connectivity index (χ3v) is 4.42. The molecule has 0 saturated carbocycles. The predicted octanol–water partition coefficient (Wildman–Crippen LogP) is 6.15. The number of carbonyl (C=O) groups is 1. The second-order valence-corrected chi connectivity index (χ2v) is 6.77. The lowest BCUT2D eigenvalue weighted by atomic mass is 9.98. The molecule has 0 unspecified atom stereocenters. The minimum absolute atomic E-state index is 0.0458. The number of benzene rings is 1. The summed E-state index contributed by atoms with van der Waals surface area (Å²) in [5.74, 6) is 0. The number of hydrogen-bond donors (Lipinski definition) is 1. The van der Waals surface area contributed by atoms with Gasteiger partial charge >= 0.3 is 0 Å². The van der Waals surface area contributed by atoms with Crippen LogP contribution in [0, 0.1) is 0 Å². The van der Waals surface area contributed by atoms with Gasteiger partial charge in [0.15, 0.2) is 5.12 Å². The van der Waals surface area contributed by atoms with Gasteiger partial charge in [0, 0.05) is 6.42 Å². The summed E-state index contributed by atoms with van der Waals surface area (Å²) < 4.78 is 0. The van der Waals surface area contributed by atoms with Crippen molar-refractivity contribution < 1.29 is 4.79 Å². The fourth-order valence-electron chi connectivity index (χ4n) is 2.94. The monoisotopic (exact) mass is 320 g/mol. The van der Waals surface area contributed by atoms with Crippen molar-refractivity contribution in [1.29, 1.82) is 0 Å². The largest absolute Gasteiger partial charge is 0.287 e. The van der Waals surface area contributed by atoms with E-state index in [1.165, 1.54) is 69.8 Å². The van der Waals surface area contributed by atoms with E-state index in [0.717, 1.165) is 12.0 Å². The molecule has 124 valence electrons. The SMILES string of the molecule is CCCCCCCCCCCCc1ccccc1CC(=O)S. The van der Waals surface area contributed by atoms with E-state index in [1.54, 1.807) is 0 Å². The molecule has 0 atom stereocenters. The quantitative estimate of drug-likeness (QED) is 0.341. The van der Waals surface area contributed by atoms with Gasteiger partial charge in [-0.1, -0.05) is 89.0 Å². The van der Waals surface area contributed by atoms with Crippen LogP contribution in [0.15, 0.2) is 24.3 Å². The molecule has 1 nitrogen and oxygen atoms in total. The third-order valence-electron chi connectivity index (χ3n) is 4.26. The molecule has 0 saturated heterocycles. The van der Waals surface area contributed by atoms with Crippen molar-refractivity contribution in [2.45, 2.75) is 84.0 Å². The molecule has 1 aromatic rings. The number of rotatable bonds is 13. The normalized spacial score (nSPS) is 10.8. The summed E-state index contributed by atoms with van der Waals surface area (Å²) in [4.78, 5) is 11.2. The van der Waals surface area contributed by atoms with Gasteiger partial charge in [-0.05, 0) is 24.0 Å². The van der Waals surface area contributed by atoms with Gasteiger partial charge < -0.3 is 0 Å². The van der Waals surface area contributed by atoms with Crippen LogP contribution in [0.25, 0.3) is 0 Å². The topological polar surface area (TPSA) is 17.1 Å². The summed E-state index contributed by atoms with van der Waals surface area (Å²) in [5.41, 5.74) is 2.47. The fraction of sp³-hybridized carbons (Fsp3) is 0.650. The molecule has 0 aliphatic carbocycles. The van der Waals surface area contributed by atoms with Gasteiger partial charge in [0.2, 0.25) is 0 Å². The Bertz CT molecular complexity index is 414. The van der Waals surface area contributed by atoms with Crippen LogP contribution in [0.5, 0.6) is 0 Å². The van der Waals surface area contributed by atoms with Gasteiger partial charge in [-0.3, -0.25) is 4.79 Å². The molecule has 1 aromatic carbocycles. The van der Waals surface area contributed by atoms with E-state index < -0.39 is 0 Å². The van der Waals surface area contributed by atoms with E-state index in [2.05, 4.69) is 37.8 Å². The average molecular weight is 321 g/mol. The zero-order chi connectivity index (χ0) is 16.0. The highest BCUT2D eigenvalue weighted by molar-refractivity contribution is 7.96. The highest BCUT2D eigenvalue weighted by atomic mass is 32.1. The van der Waals surface area contributed by atoms with Crippen LogP contribution >= 0.6 is 12.6 Å². The van der Waals surface area contributed by atoms with Gasteiger partial charge in [0.05, 0.1) is 0 Å². The van der Waals surface area contributed by atoms with Gasteiger partial charge in [-0.2, -0.15) is 0 Å². The number of aryl methyl sites for hydroxylation is 1. The van der Waals surface area contributed by atoms with Crippen LogP contribution in [0.3, 0.4) is 0 Å². The Kier molecular flexibility index (Phi) is 11.2. The van der Waals surface area contributed by atoms with Crippen molar-refractivity contribution in [2.24, 2.45) is 0 Å². The van der Waals surface area contributed by atoms with Crippen LogP contribution in [0.1, 0.15) is 82.3 Å². The molecule has 0 radical (unpaired) electrons. The molecule has 0 aliphatic heterocycles. The maximum Gasteiger partial charge on any atom is 0.190 e. The molecular weight excluding hydrogens is 288 g/mol. The summed E-state index contributed by atoms with van der Waals surface area (Å²) in [6.07, 6.45) is 15.2. The van der Waals surface area contributed by atoms with E-state index in [-0.39, 0.29) is 5.12 Å². The van der Waals surface area contributed by atoms with Crippen molar-refractivity contribution in [3.63, 3.8) is 0 Å². The van der Waals surface area contributed by atoms with Crippen LogP contribution in [-0.4, -0.2) is 5.12 Å². The molecule has 0 fully saturated rings. The van der Waals surface area contributed by atoms with Crippen LogP contribution < -0.4 is 0 Å². The molecular formula is C20H32OS. The molecule has 0 aliphatic rings. The van der Waals surface area contributed by atoms with E-state index in [0.29, 0.717) is 6.42 Å². The van der Waals surface area contributed by atoms with Crippen molar-refractivity contribution in [3.05, 3.63) is 35.4 Å². The number of unbranched alkanes of at least 4 members (excludes halogenated alkanes) is 9. The number of thiol groups is 1. The van der Waals surface area contributed by atoms with E-state index in [1.807, 2.05) is 6.07 Å². The molecule has 0 aromatic heterocycles. The molecule has 0 heterocycles. The van der Waals surface area contributed by atoms with E-state index in [9.17, 15) is 4.79 Å². The van der Waals surface area contributed by atoms with Crippen molar-refractivity contribution in [3.8, 4) is 0 Å². The van der Waals surface area contributed by atoms with E-state index >= 15 is 0 Å². The van der Waals surface area contributed by atoms with Crippen LogP contribution in [0.4, 0.5) is 0 Å². The molecule has 0 bridgehead atoms. The van der Waals surface area contributed by atoms with Crippen LogP contribution in [-0.2, 0) is 17.6 Å². The van der Waals surface area contributed by atoms with Crippen molar-refractivity contribution >= 4 is 17.7 Å². The lowest BCUT2D eigenvalue weighted by molar-refractivity contribution is -0.110. The third kappa shape index (κ3) is 9.30. The first-order chi connectivity index (χ1) is 10.7. The lowest BCUT2D eigenvalue weighted by Gasteiger charge is -2.08. The second-order valence-electron chi connectivity index (χ2n) is 6.27. The molecule has 1 rings (SSSR count). The minimum atomic E-state index is -0.0458. The number of carbonyl (C=O) groups excluding carboxylic acids is 1. The Morgan fingerprint density at radius 2 is 1.32 bits per heavy atom. The average Bonchev–Trinajstić information content (AvgIpc) is 2.50. The summed E-state index contributed by atoms with van der Waals surface area (Å²) >= 11 is 3.90. The molecule has 2 heteroatoms. The highest BCUT2D eigenvalue weighted by Crippen LogP contribution is 2.16. The smallest absolute Gasteiger partial charge is 0.190 e. The van der Waals surface area contributed by atoms with E-state index in [4.69, 9.17) is 0 Å². The zero-order valence-corrected chi connectivity index (χ0v) is 15.0. The summed E-state index contributed by atoms with van der Waals surface area (Å²) in [7, 11) is 0. The first-order valence-electron chi connectivity index (χ1n) is 9.02. The second kappa shape index (κ2) is 12.8. The first-order valence-corrected chi connectivity index (χ1v) is 9.47. The van der Waals surface area contributed by atoms with Crippen LogP contribution in [0.2, 0.25) is 0 Å². The molecule has 22 heavy (non-hydrogen) atoms.